The van der Waals surface area contributed by atoms with Gasteiger partial charge in [0, 0.05) is 22.3 Å². The van der Waals surface area contributed by atoms with Gasteiger partial charge in [-0.25, -0.2) is 4.98 Å². The Morgan fingerprint density at radius 3 is 2.57 bits per heavy atom. The first-order valence-corrected chi connectivity index (χ1v) is 9.57. The first-order valence-electron chi connectivity index (χ1n) is 8.44. The Morgan fingerprint density at radius 2 is 1.82 bits per heavy atom. The molecule has 4 nitrogen and oxygen atoms in total. The third-order valence-electron chi connectivity index (χ3n) is 4.36. The Balaban J connectivity index is 1.87. The molecule has 0 atom stereocenters. The van der Waals surface area contributed by atoms with Crippen LogP contribution < -0.4 is 5.32 Å². The van der Waals surface area contributed by atoms with Crippen LogP contribution in [-0.2, 0) is 0 Å². The van der Waals surface area contributed by atoms with Gasteiger partial charge in [0.05, 0.1) is 10.0 Å². The number of hydrogen-bond acceptors (Lipinski definition) is 2. The third-order valence-corrected chi connectivity index (χ3v) is 5.33. The molecule has 2 aromatic heterocycles. The summed E-state index contributed by atoms with van der Waals surface area (Å²) in [7, 11) is 0. The van der Waals surface area contributed by atoms with Crippen LogP contribution >= 0.6 is 34.8 Å². The van der Waals surface area contributed by atoms with Gasteiger partial charge in [0.25, 0.3) is 5.91 Å². The van der Waals surface area contributed by atoms with E-state index in [1.54, 1.807) is 36.4 Å². The van der Waals surface area contributed by atoms with E-state index >= 15 is 0 Å². The number of fused-ring (bicyclic) bond motifs is 1. The summed E-state index contributed by atoms with van der Waals surface area (Å²) >= 11 is 18.3. The molecule has 1 N–H and O–H groups in total. The Bertz CT molecular complexity index is 1220. The van der Waals surface area contributed by atoms with E-state index in [0.29, 0.717) is 32.1 Å². The summed E-state index contributed by atoms with van der Waals surface area (Å²) in [5.74, 6) is 0.259. The predicted molar refractivity (Wildman–Crippen MR) is 115 cm³/mol. The lowest BCUT2D eigenvalue weighted by atomic mass is 10.1. The molecule has 4 aromatic rings. The number of nitrogens with one attached hydrogen (secondary N) is 1. The minimum atomic E-state index is -0.285. The number of imidazole rings is 1. The fraction of sp³-hybridized carbons (Fsp3) is 0.0476. The van der Waals surface area contributed by atoms with Gasteiger partial charge in [0.15, 0.2) is 0 Å². The van der Waals surface area contributed by atoms with Gasteiger partial charge in [-0.15, -0.1) is 0 Å². The minimum absolute atomic E-state index is 0.285. The molecule has 28 heavy (non-hydrogen) atoms. The molecule has 2 aromatic carbocycles. The molecular weight excluding hydrogens is 417 g/mol. The molecule has 0 spiro atoms. The predicted octanol–water partition coefficient (Wildman–Crippen LogP) is 6.52. The lowest BCUT2D eigenvalue weighted by Crippen LogP contribution is -2.14. The molecule has 0 aliphatic rings. The van der Waals surface area contributed by atoms with Gasteiger partial charge in [-0.05, 0) is 48.9 Å². The highest BCUT2D eigenvalue weighted by Gasteiger charge is 2.19. The van der Waals surface area contributed by atoms with E-state index < -0.39 is 0 Å². The number of benzene rings is 2. The number of nitrogens with zero attached hydrogens (tertiary/aromatic N) is 2. The Morgan fingerprint density at radius 1 is 1.00 bits per heavy atom. The smallest absolute Gasteiger partial charge is 0.256 e. The van der Waals surface area contributed by atoms with E-state index in [0.717, 1.165) is 16.8 Å². The van der Waals surface area contributed by atoms with Crippen molar-refractivity contribution in [2.45, 2.75) is 6.92 Å². The number of amides is 1. The first kappa shape index (κ1) is 18.8. The summed E-state index contributed by atoms with van der Waals surface area (Å²) in [4.78, 5) is 17.6. The Hall–Kier alpha value is -2.53. The minimum Gasteiger partial charge on any atom is -0.306 e. The molecule has 0 aliphatic carbocycles. The highest BCUT2D eigenvalue weighted by molar-refractivity contribution is 6.42. The van der Waals surface area contributed by atoms with Crippen molar-refractivity contribution in [3.63, 3.8) is 0 Å². The number of rotatable bonds is 3. The Kier molecular flexibility index (Phi) is 5.02. The van der Waals surface area contributed by atoms with Crippen molar-refractivity contribution < 1.29 is 4.79 Å². The van der Waals surface area contributed by atoms with Crippen LogP contribution in [0.25, 0.3) is 16.9 Å². The zero-order valence-corrected chi connectivity index (χ0v) is 17.0. The molecule has 0 radical (unpaired) electrons. The number of hydrogen-bond donors (Lipinski definition) is 1. The molecule has 1 amide bonds. The van der Waals surface area contributed by atoms with Crippen LogP contribution in [0.3, 0.4) is 0 Å². The van der Waals surface area contributed by atoms with Gasteiger partial charge in [-0.2, -0.15) is 0 Å². The van der Waals surface area contributed by atoms with Crippen LogP contribution in [0.1, 0.15) is 15.9 Å². The van der Waals surface area contributed by atoms with Crippen molar-refractivity contribution >= 4 is 52.2 Å². The van der Waals surface area contributed by atoms with E-state index in [2.05, 4.69) is 5.32 Å². The van der Waals surface area contributed by atoms with Crippen molar-refractivity contribution in [3.8, 4) is 11.3 Å². The average molecular weight is 431 g/mol. The molecule has 2 heterocycles. The van der Waals surface area contributed by atoms with Crippen molar-refractivity contribution in [1.82, 2.24) is 9.38 Å². The molecular formula is C21H14Cl3N3O. The Labute approximate surface area is 176 Å². The fourth-order valence-corrected chi connectivity index (χ4v) is 3.47. The van der Waals surface area contributed by atoms with Crippen LogP contribution in [0.5, 0.6) is 0 Å². The van der Waals surface area contributed by atoms with Crippen LogP contribution in [0, 0.1) is 6.92 Å². The largest absolute Gasteiger partial charge is 0.306 e. The van der Waals surface area contributed by atoms with Gasteiger partial charge in [0.2, 0.25) is 0 Å². The molecule has 0 fully saturated rings. The molecule has 140 valence electrons. The first-order chi connectivity index (χ1) is 13.4. The normalized spacial score (nSPS) is 11.0. The number of halogens is 3. The van der Waals surface area contributed by atoms with E-state index in [4.69, 9.17) is 39.8 Å². The SMILES string of the molecule is Cc1cccn2c(NC(=O)c3cccc(Cl)c3)c(-c3ccc(Cl)c(Cl)c3)nc12. The van der Waals surface area contributed by atoms with Gasteiger partial charge in [-0.3, -0.25) is 9.20 Å². The maximum atomic E-state index is 12.8. The van der Waals surface area contributed by atoms with E-state index in [1.807, 2.05) is 35.7 Å². The topological polar surface area (TPSA) is 46.4 Å². The molecule has 0 bridgehead atoms. The average Bonchev–Trinajstić information content (AvgIpc) is 3.04. The second-order valence-corrected chi connectivity index (χ2v) is 7.54. The second-order valence-electron chi connectivity index (χ2n) is 6.29. The molecule has 4 rings (SSSR count). The van der Waals surface area contributed by atoms with Crippen LogP contribution in [0.2, 0.25) is 15.1 Å². The number of aromatic nitrogens is 2. The maximum Gasteiger partial charge on any atom is 0.256 e. The quantitative estimate of drug-likeness (QED) is 0.402. The van der Waals surface area contributed by atoms with E-state index in [-0.39, 0.29) is 5.91 Å². The van der Waals surface area contributed by atoms with Crippen LogP contribution in [-0.4, -0.2) is 15.3 Å². The number of aryl methyl sites for hydroxylation is 1. The summed E-state index contributed by atoms with van der Waals surface area (Å²) in [6.07, 6.45) is 1.85. The summed E-state index contributed by atoms with van der Waals surface area (Å²) in [6, 6.07) is 15.9. The van der Waals surface area contributed by atoms with Crippen LogP contribution in [0.15, 0.2) is 60.8 Å². The summed E-state index contributed by atoms with van der Waals surface area (Å²) in [5, 5.41) is 4.33. The van der Waals surface area contributed by atoms with Crippen molar-refractivity contribution in [2.24, 2.45) is 0 Å². The van der Waals surface area contributed by atoms with Crippen molar-refractivity contribution in [1.29, 1.82) is 0 Å². The fourth-order valence-electron chi connectivity index (χ4n) is 2.98. The van der Waals surface area contributed by atoms with E-state index in [1.165, 1.54) is 0 Å². The van der Waals surface area contributed by atoms with Crippen LogP contribution in [0.4, 0.5) is 5.82 Å². The monoisotopic (exact) mass is 429 g/mol. The molecule has 0 aliphatic heterocycles. The lowest BCUT2D eigenvalue weighted by Gasteiger charge is -2.09. The summed E-state index contributed by atoms with van der Waals surface area (Å²) < 4.78 is 1.84. The molecule has 0 saturated heterocycles. The second kappa shape index (κ2) is 7.47. The molecule has 0 unspecified atom stereocenters. The zero-order valence-electron chi connectivity index (χ0n) is 14.7. The summed E-state index contributed by atoms with van der Waals surface area (Å²) in [6.45, 7) is 1.96. The third kappa shape index (κ3) is 3.47. The number of anilines is 1. The van der Waals surface area contributed by atoms with Gasteiger partial charge in [-0.1, -0.05) is 53.0 Å². The maximum absolute atomic E-state index is 12.8. The summed E-state index contributed by atoms with van der Waals surface area (Å²) in [5.41, 5.74) is 3.52. The number of carbonyl (C=O) groups excluding carboxylic acids is 1. The molecule has 7 heteroatoms. The number of carbonyl (C=O) groups is 1. The highest BCUT2D eigenvalue weighted by Crippen LogP contribution is 2.34. The molecule has 0 saturated carbocycles. The zero-order chi connectivity index (χ0) is 19.8. The van der Waals surface area contributed by atoms with Crippen molar-refractivity contribution in [3.05, 3.63) is 87.0 Å². The number of pyridine rings is 1. The standard InChI is InChI=1S/C21H14Cl3N3O/c1-12-4-3-9-27-19(12)25-18(13-7-8-16(23)17(24)11-13)20(27)26-21(28)14-5-2-6-15(22)10-14/h2-11H,1H3,(H,26,28). The highest BCUT2D eigenvalue weighted by atomic mass is 35.5. The van der Waals surface area contributed by atoms with Crippen molar-refractivity contribution in [2.75, 3.05) is 5.32 Å². The van der Waals surface area contributed by atoms with Gasteiger partial charge >= 0.3 is 0 Å². The van der Waals surface area contributed by atoms with Gasteiger partial charge in [0.1, 0.15) is 17.2 Å². The lowest BCUT2D eigenvalue weighted by molar-refractivity contribution is 0.102. The van der Waals surface area contributed by atoms with Gasteiger partial charge < -0.3 is 5.32 Å². The van der Waals surface area contributed by atoms with E-state index in [9.17, 15) is 4.79 Å².